The maximum Gasteiger partial charge on any atom is 0.0136 e. The highest BCUT2D eigenvalue weighted by Crippen LogP contribution is 2.35. The number of hydrogen-bond donors (Lipinski definition) is 1. The van der Waals surface area contributed by atoms with Gasteiger partial charge in [-0.2, -0.15) is 0 Å². The Hall–Kier alpha value is -0.120. The minimum absolute atomic E-state index is 0.887. The normalized spacial score (nSPS) is 36.0. The van der Waals surface area contributed by atoms with Crippen LogP contribution in [-0.2, 0) is 0 Å². The fourth-order valence-corrected chi connectivity index (χ4v) is 4.67. The largest absolute Gasteiger partial charge is 0.314 e. The zero-order chi connectivity index (χ0) is 14.1. The number of rotatable bonds is 6. The summed E-state index contributed by atoms with van der Waals surface area (Å²) in [6, 6.07) is 1.81. The van der Waals surface area contributed by atoms with Crippen LogP contribution < -0.4 is 5.32 Å². The molecule has 3 heteroatoms. The first-order valence-corrected chi connectivity index (χ1v) is 9.58. The SMILES string of the molecule is C1CCN(CC2CCN(C3CCC3CNC3CC3)CC2)C1. The zero-order valence-corrected chi connectivity index (χ0v) is 13.6. The van der Waals surface area contributed by atoms with E-state index in [4.69, 9.17) is 0 Å². The molecule has 0 spiro atoms. The molecule has 4 fully saturated rings. The highest BCUT2D eigenvalue weighted by Gasteiger charge is 2.37. The molecular weight excluding hydrogens is 258 g/mol. The van der Waals surface area contributed by atoms with Crippen molar-refractivity contribution in [1.82, 2.24) is 15.1 Å². The lowest BCUT2D eigenvalue weighted by Crippen LogP contribution is -2.53. The molecule has 2 unspecified atom stereocenters. The Bertz CT molecular complexity index is 327. The summed E-state index contributed by atoms with van der Waals surface area (Å²) in [4.78, 5) is 5.55. The molecule has 0 aromatic heterocycles. The molecule has 21 heavy (non-hydrogen) atoms. The molecule has 2 aliphatic carbocycles. The number of likely N-dealkylation sites (tertiary alicyclic amines) is 2. The highest BCUT2D eigenvalue weighted by molar-refractivity contribution is 4.94. The molecule has 4 aliphatic rings. The van der Waals surface area contributed by atoms with Gasteiger partial charge in [0.05, 0.1) is 0 Å². The fourth-order valence-electron chi connectivity index (χ4n) is 4.67. The molecule has 2 saturated carbocycles. The van der Waals surface area contributed by atoms with Crippen LogP contribution in [0.25, 0.3) is 0 Å². The third-order valence-electron chi connectivity index (χ3n) is 6.46. The van der Waals surface area contributed by atoms with Crippen molar-refractivity contribution in [1.29, 1.82) is 0 Å². The molecule has 2 heterocycles. The van der Waals surface area contributed by atoms with E-state index < -0.39 is 0 Å². The van der Waals surface area contributed by atoms with E-state index in [1.807, 2.05) is 0 Å². The van der Waals surface area contributed by atoms with Crippen LogP contribution in [0.4, 0.5) is 0 Å². The van der Waals surface area contributed by atoms with Gasteiger partial charge in [0, 0.05) is 18.6 Å². The molecule has 0 aromatic rings. The molecule has 1 N–H and O–H groups in total. The van der Waals surface area contributed by atoms with Crippen molar-refractivity contribution in [2.75, 3.05) is 39.3 Å². The molecule has 2 aliphatic heterocycles. The molecule has 3 nitrogen and oxygen atoms in total. The number of piperidine rings is 1. The van der Waals surface area contributed by atoms with Crippen molar-refractivity contribution in [3.8, 4) is 0 Å². The standard InChI is InChI=1S/C18H33N3/c1-2-10-20(9-1)14-15-7-11-21(12-8-15)18-6-3-16(18)13-19-17-4-5-17/h15-19H,1-14H2. The van der Waals surface area contributed by atoms with Crippen molar-refractivity contribution in [2.24, 2.45) is 11.8 Å². The smallest absolute Gasteiger partial charge is 0.0136 e. The van der Waals surface area contributed by atoms with Crippen LogP contribution in [0.2, 0.25) is 0 Å². The van der Waals surface area contributed by atoms with E-state index in [0.717, 1.165) is 23.9 Å². The average molecular weight is 291 g/mol. The van der Waals surface area contributed by atoms with Crippen molar-refractivity contribution >= 4 is 0 Å². The van der Waals surface area contributed by atoms with E-state index in [1.165, 1.54) is 90.6 Å². The molecule has 2 saturated heterocycles. The van der Waals surface area contributed by atoms with Gasteiger partial charge >= 0.3 is 0 Å². The van der Waals surface area contributed by atoms with E-state index in [1.54, 1.807) is 0 Å². The Labute approximate surface area is 130 Å². The van der Waals surface area contributed by atoms with E-state index in [0.29, 0.717) is 0 Å². The summed E-state index contributed by atoms with van der Waals surface area (Å²) in [5, 5.41) is 3.75. The van der Waals surface area contributed by atoms with Gasteiger partial charge in [0.25, 0.3) is 0 Å². The molecule has 120 valence electrons. The topological polar surface area (TPSA) is 18.5 Å². The molecule has 0 amide bonds. The second-order valence-corrected chi connectivity index (χ2v) is 8.07. The van der Waals surface area contributed by atoms with Crippen molar-refractivity contribution in [3.63, 3.8) is 0 Å². The third kappa shape index (κ3) is 3.62. The summed E-state index contributed by atoms with van der Waals surface area (Å²) in [6.07, 6.45) is 11.6. The maximum atomic E-state index is 3.75. The van der Waals surface area contributed by atoms with E-state index in [-0.39, 0.29) is 0 Å². The highest BCUT2D eigenvalue weighted by atomic mass is 15.2. The van der Waals surface area contributed by atoms with Gasteiger partial charge in [0.2, 0.25) is 0 Å². The van der Waals surface area contributed by atoms with Gasteiger partial charge in [-0.3, -0.25) is 0 Å². The molecule has 0 bridgehead atoms. The average Bonchev–Trinajstić information content (AvgIpc) is 3.15. The van der Waals surface area contributed by atoms with Crippen LogP contribution in [0.3, 0.4) is 0 Å². The van der Waals surface area contributed by atoms with Gasteiger partial charge in [0.15, 0.2) is 0 Å². The number of nitrogens with one attached hydrogen (secondary N) is 1. The van der Waals surface area contributed by atoms with Crippen LogP contribution in [0.15, 0.2) is 0 Å². The van der Waals surface area contributed by atoms with Crippen molar-refractivity contribution in [2.45, 2.75) is 63.5 Å². The van der Waals surface area contributed by atoms with Crippen molar-refractivity contribution < 1.29 is 0 Å². The van der Waals surface area contributed by atoms with Gasteiger partial charge < -0.3 is 15.1 Å². The monoisotopic (exact) mass is 291 g/mol. The summed E-state index contributed by atoms with van der Waals surface area (Å²) in [6.45, 7) is 8.19. The number of hydrogen-bond acceptors (Lipinski definition) is 3. The Balaban J connectivity index is 1.17. The molecule has 4 rings (SSSR count). The predicted octanol–water partition coefficient (Wildman–Crippen LogP) is 2.32. The van der Waals surface area contributed by atoms with E-state index in [9.17, 15) is 0 Å². The first-order chi connectivity index (χ1) is 10.4. The second kappa shape index (κ2) is 6.55. The maximum absolute atomic E-state index is 3.75. The van der Waals surface area contributed by atoms with Crippen LogP contribution >= 0.6 is 0 Å². The summed E-state index contributed by atoms with van der Waals surface area (Å²) in [7, 11) is 0. The zero-order valence-electron chi connectivity index (χ0n) is 13.6. The fraction of sp³-hybridized carbons (Fsp3) is 1.00. The Kier molecular flexibility index (Phi) is 4.52. The lowest BCUT2D eigenvalue weighted by molar-refractivity contribution is 0.0298. The Morgan fingerprint density at radius 2 is 1.57 bits per heavy atom. The molecular formula is C18H33N3. The summed E-state index contributed by atoms with van der Waals surface area (Å²) in [5.41, 5.74) is 0. The van der Waals surface area contributed by atoms with Gasteiger partial charge in [-0.25, -0.2) is 0 Å². The molecule has 0 aromatic carbocycles. The Morgan fingerprint density at radius 3 is 2.19 bits per heavy atom. The lowest BCUT2D eigenvalue weighted by atomic mass is 9.77. The quantitative estimate of drug-likeness (QED) is 0.810. The van der Waals surface area contributed by atoms with E-state index in [2.05, 4.69) is 15.1 Å². The van der Waals surface area contributed by atoms with Crippen molar-refractivity contribution in [3.05, 3.63) is 0 Å². The van der Waals surface area contributed by atoms with Crippen LogP contribution in [0.1, 0.15) is 51.4 Å². The predicted molar refractivity (Wildman–Crippen MR) is 87.5 cm³/mol. The van der Waals surface area contributed by atoms with E-state index >= 15 is 0 Å². The first kappa shape index (κ1) is 14.5. The van der Waals surface area contributed by atoms with Crippen LogP contribution in [-0.4, -0.2) is 61.2 Å². The summed E-state index contributed by atoms with van der Waals surface area (Å²) < 4.78 is 0. The molecule has 0 radical (unpaired) electrons. The Morgan fingerprint density at radius 1 is 0.810 bits per heavy atom. The minimum Gasteiger partial charge on any atom is -0.314 e. The van der Waals surface area contributed by atoms with Gasteiger partial charge in [-0.15, -0.1) is 0 Å². The summed E-state index contributed by atoms with van der Waals surface area (Å²) in [5.74, 6) is 1.95. The lowest BCUT2D eigenvalue weighted by Gasteiger charge is -2.47. The first-order valence-electron chi connectivity index (χ1n) is 9.58. The number of nitrogens with zero attached hydrogens (tertiary/aromatic N) is 2. The summed E-state index contributed by atoms with van der Waals surface area (Å²) >= 11 is 0. The van der Waals surface area contributed by atoms with Crippen LogP contribution in [0, 0.1) is 11.8 Å². The van der Waals surface area contributed by atoms with Crippen LogP contribution in [0.5, 0.6) is 0 Å². The van der Waals surface area contributed by atoms with Gasteiger partial charge in [0.1, 0.15) is 0 Å². The minimum atomic E-state index is 0.887. The molecule has 2 atom stereocenters. The van der Waals surface area contributed by atoms with Gasteiger partial charge in [-0.1, -0.05) is 0 Å². The second-order valence-electron chi connectivity index (χ2n) is 8.07. The third-order valence-corrected chi connectivity index (χ3v) is 6.46. The van der Waals surface area contributed by atoms with Gasteiger partial charge in [-0.05, 0) is 95.9 Å².